The molecule has 2 fully saturated rings. The lowest BCUT2D eigenvalue weighted by Gasteiger charge is -2.66. The first-order valence-corrected chi connectivity index (χ1v) is 15.3. The molecule has 2 aliphatic heterocycles. The van der Waals surface area contributed by atoms with E-state index in [1.165, 1.54) is 29.2 Å². The number of halogens is 3. The van der Waals surface area contributed by atoms with Gasteiger partial charge in [-0.15, -0.1) is 0 Å². The van der Waals surface area contributed by atoms with Crippen molar-refractivity contribution >= 4 is 12.0 Å². The quantitative estimate of drug-likeness (QED) is 0.356. The number of hydrogen-bond donors (Lipinski definition) is 3. The third-order valence-electron chi connectivity index (χ3n) is 10.6. The highest BCUT2D eigenvalue weighted by molar-refractivity contribution is 5.92. The number of amides is 1. The Balaban J connectivity index is 1.21. The van der Waals surface area contributed by atoms with Crippen LogP contribution in [0.1, 0.15) is 40.7 Å². The molecule has 0 aromatic heterocycles. The average Bonchev–Trinajstić information content (AvgIpc) is 3.40. The van der Waals surface area contributed by atoms with Crippen molar-refractivity contribution in [2.75, 3.05) is 20.1 Å². The third kappa shape index (κ3) is 4.48. The molecule has 7 nitrogen and oxygen atoms in total. The number of phenolic OH excluding ortho intramolecular Hbond substituents is 1. The van der Waals surface area contributed by atoms with Crippen molar-refractivity contribution in [3.63, 3.8) is 0 Å². The largest absolute Gasteiger partial charge is 0.504 e. The number of alkyl halides is 3. The first-order chi connectivity index (χ1) is 21.4. The van der Waals surface area contributed by atoms with E-state index >= 15 is 0 Å². The monoisotopic (exact) mass is 620 g/mol. The second kappa shape index (κ2) is 10.6. The molecule has 236 valence electrons. The maximum Gasteiger partial charge on any atom is 0.416 e. The fourth-order valence-corrected chi connectivity index (χ4v) is 8.51. The van der Waals surface area contributed by atoms with Gasteiger partial charge in [-0.3, -0.25) is 9.69 Å². The molecule has 3 aromatic rings. The van der Waals surface area contributed by atoms with E-state index in [1.807, 2.05) is 24.3 Å². The summed E-state index contributed by atoms with van der Waals surface area (Å²) < 4.78 is 46.1. The lowest BCUT2D eigenvalue weighted by Crippen LogP contribution is -2.82. The molecule has 1 spiro atoms. The SMILES string of the molecule is CN(C(=O)/C=C/c1cccc(C(F)(F)F)c1)C1CC[C@@]2(O)[C@H]3Cc4ccc(O)c5c4[C@@]2(C(O)CN3CCc2ccccc2)C1O5. The molecule has 2 bridgehead atoms. The maximum atomic E-state index is 13.5. The summed E-state index contributed by atoms with van der Waals surface area (Å²) >= 11 is 0. The van der Waals surface area contributed by atoms with Crippen LogP contribution in [0.25, 0.3) is 6.08 Å². The number of rotatable bonds is 6. The highest BCUT2D eigenvalue weighted by Gasteiger charge is 2.76. The molecular formula is C35H35F3N2O5. The number of likely N-dealkylation sites (N-methyl/N-ethyl adjacent to an activating group) is 1. The Morgan fingerprint density at radius 2 is 1.91 bits per heavy atom. The van der Waals surface area contributed by atoms with E-state index in [4.69, 9.17) is 4.74 Å². The van der Waals surface area contributed by atoms with Gasteiger partial charge in [-0.25, -0.2) is 0 Å². The van der Waals surface area contributed by atoms with Gasteiger partial charge < -0.3 is 25.0 Å². The number of carbonyl (C=O) groups excluding carboxylic acids is 1. The van der Waals surface area contributed by atoms with Crippen molar-refractivity contribution in [1.82, 2.24) is 9.80 Å². The molecule has 2 aliphatic carbocycles. The molecule has 3 aromatic carbocycles. The molecular weight excluding hydrogens is 585 g/mol. The third-order valence-corrected chi connectivity index (χ3v) is 10.6. The van der Waals surface area contributed by atoms with E-state index in [1.54, 1.807) is 13.1 Å². The smallest absolute Gasteiger partial charge is 0.416 e. The van der Waals surface area contributed by atoms with E-state index in [-0.39, 0.29) is 36.1 Å². The van der Waals surface area contributed by atoms with Crippen LogP contribution in [-0.4, -0.2) is 81.1 Å². The summed E-state index contributed by atoms with van der Waals surface area (Å²) in [5.74, 6) is -0.307. The number of hydrogen-bond acceptors (Lipinski definition) is 6. The van der Waals surface area contributed by atoms with Gasteiger partial charge in [-0.1, -0.05) is 48.5 Å². The standard InChI is InChI=1S/C35H35F3N2O5/c1-39(29(43)13-10-22-8-5-9-24(18-22)35(36,37)38)25-14-16-33(44)27-19-23-11-12-26(41)31-30(23)34(33,32(25)45-31)28(42)20-40(27)17-15-21-6-3-2-4-7-21/h2-13,18,25,27-28,32,41-42,44H,14-17,19-20H2,1H3/b13-10+/t25?,27-,28?,32?,33-,34+/m1/s1. The Labute approximate surface area is 259 Å². The van der Waals surface area contributed by atoms with Crippen LogP contribution in [0.15, 0.2) is 72.8 Å². The van der Waals surface area contributed by atoms with Crippen LogP contribution in [0.2, 0.25) is 0 Å². The number of aliphatic hydroxyl groups excluding tert-OH is 1. The van der Waals surface area contributed by atoms with Gasteiger partial charge in [-0.05, 0) is 66.6 Å². The van der Waals surface area contributed by atoms with Crippen LogP contribution < -0.4 is 4.74 Å². The second-order valence-electron chi connectivity index (χ2n) is 12.8. The van der Waals surface area contributed by atoms with Crippen molar-refractivity contribution < 1.29 is 38.0 Å². The molecule has 1 amide bonds. The molecule has 7 rings (SSSR count). The predicted molar refractivity (Wildman–Crippen MR) is 161 cm³/mol. The number of β-amino-alcohol motifs (C(OH)–C–C–N with tert-alkyl or cyclic N) is 1. The molecule has 2 heterocycles. The topological polar surface area (TPSA) is 93.5 Å². The molecule has 4 aliphatic rings. The zero-order valence-electron chi connectivity index (χ0n) is 24.7. The fraction of sp³-hybridized carbons (Fsp3) is 0.400. The molecule has 0 radical (unpaired) electrons. The minimum absolute atomic E-state index is 0.0887. The molecule has 1 saturated heterocycles. The van der Waals surface area contributed by atoms with Gasteiger partial charge >= 0.3 is 6.18 Å². The average molecular weight is 621 g/mol. The Morgan fingerprint density at radius 1 is 1.13 bits per heavy atom. The van der Waals surface area contributed by atoms with Gasteiger partial charge in [0.25, 0.3) is 0 Å². The zero-order chi connectivity index (χ0) is 31.7. The number of aliphatic hydroxyl groups is 2. The Morgan fingerprint density at radius 3 is 2.67 bits per heavy atom. The highest BCUT2D eigenvalue weighted by atomic mass is 19.4. The summed E-state index contributed by atoms with van der Waals surface area (Å²) in [6.45, 7) is 0.923. The number of piperidine rings is 1. The Kier molecular flexibility index (Phi) is 7.03. The van der Waals surface area contributed by atoms with Crippen LogP contribution in [0.4, 0.5) is 13.2 Å². The molecule has 10 heteroatoms. The molecule has 3 unspecified atom stereocenters. The first kappa shape index (κ1) is 29.8. The lowest BCUT2D eigenvalue weighted by molar-refractivity contribution is -0.235. The summed E-state index contributed by atoms with van der Waals surface area (Å²) in [6.07, 6.45) is -1.93. The van der Waals surface area contributed by atoms with E-state index in [0.29, 0.717) is 24.9 Å². The lowest BCUT2D eigenvalue weighted by atomic mass is 9.47. The number of phenols is 1. The molecule has 6 atom stereocenters. The number of likely N-dealkylation sites (tertiary alicyclic amines) is 1. The molecule has 1 saturated carbocycles. The summed E-state index contributed by atoms with van der Waals surface area (Å²) in [6, 6.07) is 17.3. The Hall–Kier alpha value is -3.86. The van der Waals surface area contributed by atoms with Crippen molar-refractivity contribution in [2.24, 2.45) is 0 Å². The predicted octanol–water partition coefficient (Wildman–Crippen LogP) is 4.32. The van der Waals surface area contributed by atoms with Gasteiger partial charge in [0.2, 0.25) is 5.91 Å². The summed E-state index contributed by atoms with van der Waals surface area (Å²) in [5.41, 5.74) is -0.590. The highest BCUT2D eigenvalue weighted by Crippen LogP contribution is 2.65. The molecule has 3 N–H and O–H groups in total. The number of benzene rings is 3. The zero-order valence-corrected chi connectivity index (χ0v) is 24.7. The number of nitrogens with zero attached hydrogens (tertiary/aromatic N) is 2. The summed E-state index contributed by atoms with van der Waals surface area (Å²) in [4.78, 5) is 17.1. The van der Waals surface area contributed by atoms with Crippen LogP contribution in [-0.2, 0) is 29.2 Å². The van der Waals surface area contributed by atoms with Crippen LogP contribution in [0, 0.1) is 0 Å². The minimum atomic E-state index is -4.50. The van der Waals surface area contributed by atoms with Gasteiger partial charge in [0.15, 0.2) is 11.5 Å². The van der Waals surface area contributed by atoms with Crippen molar-refractivity contribution in [1.29, 1.82) is 0 Å². The van der Waals surface area contributed by atoms with Crippen molar-refractivity contribution in [3.05, 3.63) is 101 Å². The summed E-state index contributed by atoms with van der Waals surface area (Å²) in [7, 11) is 1.60. The van der Waals surface area contributed by atoms with E-state index in [2.05, 4.69) is 17.0 Å². The number of carbonyl (C=O) groups is 1. The second-order valence-corrected chi connectivity index (χ2v) is 12.8. The first-order valence-electron chi connectivity index (χ1n) is 15.3. The van der Waals surface area contributed by atoms with Gasteiger partial charge in [0, 0.05) is 37.8 Å². The fourth-order valence-electron chi connectivity index (χ4n) is 8.51. The van der Waals surface area contributed by atoms with Gasteiger partial charge in [0.05, 0.1) is 28.7 Å². The maximum absolute atomic E-state index is 13.5. The van der Waals surface area contributed by atoms with E-state index in [0.717, 1.165) is 29.7 Å². The number of ether oxygens (including phenoxy) is 1. The molecule has 45 heavy (non-hydrogen) atoms. The van der Waals surface area contributed by atoms with E-state index in [9.17, 15) is 33.3 Å². The number of aromatic hydroxyl groups is 1. The van der Waals surface area contributed by atoms with Gasteiger partial charge in [-0.2, -0.15) is 13.2 Å². The van der Waals surface area contributed by atoms with E-state index < -0.39 is 46.9 Å². The van der Waals surface area contributed by atoms with Gasteiger partial charge in [0.1, 0.15) is 6.10 Å². The summed E-state index contributed by atoms with van der Waals surface area (Å²) in [5, 5.41) is 35.7. The van der Waals surface area contributed by atoms with Crippen LogP contribution >= 0.6 is 0 Å². The van der Waals surface area contributed by atoms with Crippen LogP contribution in [0.5, 0.6) is 11.5 Å². The Bertz CT molecular complexity index is 1660. The normalized spacial score (nSPS) is 30.2. The van der Waals surface area contributed by atoms with Crippen LogP contribution in [0.3, 0.4) is 0 Å². The van der Waals surface area contributed by atoms with Crippen molar-refractivity contribution in [2.45, 2.75) is 67.2 Å². The van der Waals surface area contributed by atoms with Crippen molar-refractivity contribution in [3.8, 4) is 11.5 Å². The minimum Gasteiger partial charge on any atom is -0.504 e.